The van der Waals surface area contributed by atoms with Crippen LogP contribution < -0.4 is 9.80 Å². The maximum atomic E-state index is 6.91. The maximum Gasteiger partial charge on any atom is 0.159 e. The highest BCUT2D eigenvalue weighted by molar-refractivity contribution is 6.21. The Bertz CT molecular complexity index is 5150. The van der Waals surface area contributed by atoms with E-state index in [2.05, 4.69) is 318 Å². The molecular formula is C81H62N2O2. The monoisotopic (exact) mass is 1090 g/mol. The van der Waals surface area contributed by atoms with E-state index in [-0.39, 0.29) is 10.8 Å². The molecule has 15 aromatic rings. The Morgan fingerprint density at radius 1 is 0.306 bits per heavy atom. The molecule has 4 nitrogen and oxygen atoms in total. The second-order valence-corrected chi connectivity index (χ2v) is 25.1. The quantitative estimate of drug-likeness (QED) is 0.142. The van der Waals surface area contributed by atoms with E-state index in [1.807, 2.05) is 0 Å². The molecule has 1 aliphatic carbocycles. The summed E-state index contributed by atoms with van der Waals surface area (Å²) in [5.41, 5.74) is 18.6. The van der Waals surface area contributed by atoms with Gasteiger partial charge >= 0.3 is 0 Å². The van der Waals surface area contributed by atoms with Crippen molar-refractivity contribution >= 4 is 110 Å². The molecule has 0 atom stereocenters. The molecule has 0 fully saturated rings. The highest BCUT2D eigenvalue weighted by atomic mass is 16.3. The van der Waals surface area contributed by atoms with E-state index in [9.17, 15) is 0 Å². The van der Waals surface area contributed by atoms with Crippen LogP contribution in [0.1, 0.15) is 52.7 Å². The van der Waals surface area contributed by atoms with Gasteiger partial charge < -0.3 is 18.6 Å². The minimum Gasteiger partial charge on any atom is -0.454 e. The van der Waals surface area contributed by atoms with E-state index in [4.69, 9.17) is 8.83 Å². The number of fused-ring (bicyclic) bond motifs is 15. The van der Waals surface area contributed by atoms with E-state index in [1.54, 1.807) is 0 Å². The zero-order chi connectivity index (χ0) is 57.3. The Labute approximate surface area is 495 Å². The lowest BCUT2D eigenvalue weighted by Gasteiger charge is -2.53. The summed E-state index contributed by atoms with van der Waals surface area (Å²) in [5, 5.41) is 11.7. The molecule has 1 aliphatic rings. The molecule has 13 aromatic carbocycles. The van der Waals surface area contributed by atoms with E-state index < -0.39 is 5.41 Å². The molecule has 4 heteroatoms. The molecule has 2 heterocycles. The van der Waals surface area contributed by atoms with Crippen LogP contribution in [0.2, 0.25) is 0 Å². The molecule has 0 saturated heterocycles. The van der Waals surface area contributed by atoms with Gasteiger partial charge in [-0.15, -0.1) is 0 Å². The van der Waals surface area contributed by atoms with Gasteiger partial charge in [0.25, 0.3) is 0 Å². The lowest BCUT2D eigenvalue weighted by Crippen LogP contribution is -2.50. The lowest BCUT2D eigenvalue weighted by molar-refractivity contribution is 0.0965. The summed E-state index contributed by atoms with van der Waals surface area (Å²) < 4.78 is 13.8. The van der Waals surface area contributed by atoms with Gasteiger partial charge in [0.05, 0.1) is 22.7 Å². The third kappa shape index (κ3) is 7.54. The molecule has 0 N–H and O–H groups in total. The van der Waals surface area contributed by atoms with Gasteiger partial charge in [-0.05, 0) is 149 Å². The zero-order valence-electron chi connectivity index (χ0n) is 48.6. The number of benzene rings is 13. The third-order valence-corrected chi connectivity index (χ3v) is 18.5. The number of hydrogen-bond acceptors (Lipinski definition) is 4. The van der Waals surface area contributed by atoms with Gasteiger partial charge in [-0.25, -0.2) is 0 Å². The van der Waals surface area contributed by atoms with Gasteiger partial charge in [-0.1, -0.05) is 236 Å². The third-order valence-electron chi connectivity index (χ3n) is 18.5. The van der Waals surface area contributed by atoms with E-state index in [1.165, 1.54) is 54.6 Å². The highest BCUT2D eigenvalue weighted by Crippen LogP contribution is 2.68. The molecule has 2 aromatic heterocycles. The Kier molecular flexibility index (Phi) is 11.3. The van der Waals surface area contributed by atoms with Crippen molar-refractivity contribution in [2.24, 2.45) is 10.8 Å². The van der Waals surface area contributed by atoms with Crippen LogP contribution in [-0.4, -0.2) is 0 Å². The largest absolute Gasteiger partial charge is 0.454 e. The molecule has 0 unspecified atom stereocenters. The minimum atomic E-state index is -0.475. The first-order valence-electron chi connectivity index (χ1n) is 29.7. The van der Waals surface area contributed by atoms with Crippen LogP contribution in [0, 0.1) is 10.8 Å². The van der Waals surface area contributed by atoms with E-state index in [0.29, 0.717) is 0 Å². The van der Waals surface area contributed by atoms with Crippen LogP contribution in [0.4, 0.5) is 34.1 Å². The van der Waals surface area contributed by atoms with Crippen molar-refractivity contribution < 1.29 is 8.83 Å². The molecule has 408 valence electrons. The SMILES string of the molecule is CC(C)(C)C1(C(C)(C)C)c2cc3cc(N(c4ccccc4-c4ccccc4)c4cccc5c4oc4ccccc45)ccc3cc2-c2c1c1ccc(N(c3ccccc3-c3ccccc3)c3cccc4c3oc3ccccc34)cc1c1ccccc21. The summed E-state index contributed by atoms with van der Waals surface area (Å²) in [7, 11) is 0. The number of para-hydroxylation sites is 6. The first-order chi connectivity index (χ1) is 41.5. The van der Waals surface area contributed by atoms with Gasteiger partial charge in [0, 0.05) is 49.5 Å². The van der Waals surface area contributed by atoms with E-state index >= 15 is 0 Å². The second-order valence-electron chi connectivity index (χ2n) is 25.1. The molecular weight excluding hydrogens is 1030 g/mol. The van der Waals surface area contributed by atoms with Crippen molar-refractivity contribution in [3.05, 3.63) is 278 Å². The zero-order valence-corrected chi connectivity index (χ0v) is 48.6. The van der Waals surface area contributed by atoms with Crippen LogP contribution in [0.15, 0.2) is 276 Å². The molecule has 0 amide bonds. The molecule has 16 rings (SSSR count). The van der Waals surface area contributed by atoms with Crippen molar-refractivity contribution in [2.45, 2.75) is 47.0 Å². The first-order valence-corrected chi connectivity index (χ1v) is 29.7. The lowest BCUT2D eigenvalue weighted by atomic mass is 9.49. The van der Waals surface area contributed by atoms with Crippen molar-refractivity contribution in [1.82, 2.24) is 0 Å². The molecule has 0 radical (unpaired) electrons. The van der Waals surface area contributed by atoms with Crippen LogP contribution >= 0.6 is 0 Å². The normalized spacial score (nSPS) is 13.2. The van der Waals surface area contributed by atoms with Crippen molar-refractivity contribution in [3.8, 4) is 33.4 Å². The fourth-order valence-corrected chi connectivity index (χ4v) is 15.4. The molecule has 0 saturated carbocycles. The van der Waals surface area contributed by atoms with Crippen molar-refractivity contribution in [3.63, 3.8) is 0 Å². The summed E-state index contributed by atoms with van der Waals surface area (Å²) in [4.78, 5) is 4.86. The second kappa shape index (κ2) is 18.9. The van der Waals surface area contributed by atoms with Crippen LogP contribution in [0.3, 0.4) is 0 Å². The summed E-state index contributed by atoms with van der Waals surface area (Å²) >= 11 is 0. The number of furan rings is 2. The van der Waals surface area contributed by atoms with Crippen LogP contribution in [-0.2, 0) is 5.41 Å². The summed E-state index contributed by atoms with van der Waals surface area (Å²) in [5.74, 6) is 0. The number of hydrogen-bond donors (Lipinski definition) is 0. The Morgan fingerprint density at radius 2 is 0.753 bits per heavy atom. The Morgan fingerprint density at radius 3 is 1.31 bits per heavy atom. The average Bonchev–Trinajstić information content (AvgIpc) is 1.65. The first kappa shape index (κ1) is 50.6. The molecule has 0 spiro atoms. The molecule has 0 aliphatic heterocycles. The number of rotatable bonds is 8. The van der Waals surface area contributed by atoms with Gasteiger partial charge in [-0.3, -0.25) is 0 Å². The fraction of sp³-hybridized carbons (Fsp3) is 0.111. The average molecular weight is 1100 g/mol. The summed E-state index contributed by atoms with van der Waals surface area (Å²) in [6.07, 6.45) is 0. The van der Waals surface area contributed by atoms with Crippen LogP contribution in [0.25, 0.3) is 110 Å². The summed E-state index contributed by atoms with van der Waals surface area (Å²) in [6.45, 7) is 14.8. The Balaban J connectivity index is 0.946. The predicted molar refractivity (Wildman–Crippen MR) is 359 cm³/mol. The number of anilines is 6. The van der Waals surface area contributed by atoms with Gasteiger partial charge in [0.15, 0.2) is 11.2 Å². The Hall–Kier alpha value is -10.2. The van der Waals surface area contributed by atoms with Gasteiger partial charge in [0.2, 0.25) is 0 Å². The van der Waals surface area contributed by atoms with Crippen LogP contribution in [0.5, 0.6) is 0 Å². The van der Waals surface area contributed by atoms with Crippen molar-refractivity contribution in [2.75, 3.05) is 9.80 Å². The standard InChI is InChI=1S/C81H62N2O2/c1-79(2,3)81(80(4,5)6)68-49-54-47-55(82(69-37-19-15-29-57(69)51-25-9-7-10-26-51)71-39-23-35-64-60-32-17-21-41-73(60)84-77(64)71)44-43-53(54)48-67(68)75-62-34-14-13-31-59(62)66-50-56(45-46-63(66)76(75)81)83(70-38-20-16-30-58(70)52-27-11-8-12-28-52)72-40-24-36-65-61-33-18-22-42-74(61)85-78(65)72/h7-50H,1-6H3. The van der Waals surface area contributed by atoms with Gasteiger partial charge in [-0.2, -0.15) is 0 Å². The smallest absolute Gasteiger partial charge is 0.159 e. The summed E-state index contributed by atoms with van der Waals surface area (Å²) in [6, 6.07) is 97.6. The fourth-order valence-electron chi connectivity index (χ4n) is 15.4. The van der Waals surface area contributed by atoms with E-state index in [0.717, 1.165) is 100 Å². The molecule has 85 heavy (non-hydrogen) atoms. The van der Waals surface area contributed by atoms with Crippen molar-refractivity contribution in [1.29, 1.82) is 0 Å². The highest BCUT2D eigenvalue weighted by Gasteiger charge is 2.59. The molecule has 0 bridgehead atoms. The number of nitrogens with zero attached hydrogens (tertiary/aromatic N) is 2. The topological polar surface area (TPSA) is 32.8 Å². The maximum absolute atomic E-state index is 6.91. The minimum absolute atomic E-state index is 0.264. The van der Waals surface area contributed by atoms with Gasteiger partial charge in [0.1, 0.15) is 11.2 Å². The predicted octanol–water partition coefficient (Wildman–Crippen LogP) is 23.6.